The number of benzene rings is 1. The molecule has 166 valence electrons. The van der Waals surface area contributed by atoms with E-state index in [9.17, 15) is 14.4 Å². The van der Waals surface area contributed by atoms with Crippen LogP contribution in [0.1, 0.15) is 36.7 Å². The molecule has 9 heteroatoms. The third-order valence-corrected chi connectivity index (χ3v) is 4.00. The predicted molar refractivity (Wildman–Crippen MR) is 113 cm³/mol. The van der Waals surface area contributed by atoms with E-state index in [2.05, 4.69) is 10.3 Å². The van der Waals surface area contributed by atoms with Gasteiger partial charge in [0, 0.05) is 32.8 Å². The van der Waals surface area contributed by atoms with Crippen LogP contribution in [0.4, 0.5) is 4.79 Å². The number of nitrogens with zero attached hydrogens (tertiary/aromatic N) is 2. The first-order valence-electron chi connectivity index (χ1n) is 9.61. The van der Waals surface area contributed by atoms with Crippen LogP contribution in [0.2, 0.25) is 0 Å². The van der Waals surface area contributed by atoms with Crippen molar-refractivity contribution in [3.05, 3.63) is 53.7 Å². The first kappa shape index (κ1) is 23.7. The minimum Gasteiger partial charge on any atom is -0.478 e. The van der Waals surface area contributed by atoms with Crippen LogP contribution in [-0.4, -0.2) is 58.7 Å². The van der Waals surface area contributed by atoms with Gasteiger partial charge in [0.15, 0.2) is 0 Å². The van der Waals surface area contributed by atoms with Crippen molar-refractivity contribution in [3.8, 4) is 11.6 Å². The van der Waals surface area contributed by atoms with Gasteiger partial charge in [0.1, 0.15) is 17.4 Å². The highest BCUT2D eigenvalue weighted by atomic mass is 16.6. The molecule has 2 N–H and O–H groups in total. The maximum absolute atomic E-state index is 12.5. The molecular formula is C22H27N3O6. The van der Waals surface area contributed by atoms with Gasteiger partial charge in [0.2, 0.25) is 11.8 Å². The van der Waals surface area contributed by atoms with E-state index in [1.54, 1.807) is 59.1 Å². The quantitative estimate of drug-likeness (QED) is 0.694. The monoisotopic (exact) mass is 429 g/mol. The van der Waals surface area contributed by atoms with Crippen LogP contribution < -0.4 is 10.1 Å². The smallest absolute Gasteiger partial charge is 0.408 e. The topological polar surface area (TPSA) is 118 Å². The van der Waals surface area contributed by atoms with Crippen molar-refractivity contribution in [1.82, 2.24) is 15.2 Å². The normalized spacial score (nSPS) is 11.9. The lowest BCUT2D eigenvalue weighted by atomic mass is 10.0. The van der Waals surface area contributed by atoms with E-state index >= 15 is 0 Å². The molecular weight excluding hydrogens is 402 g/mol. The van der Waals surface area contributed by atoms with Gasteiger partial charge in [0.25, 0.3) is 0 Å². The molecule has 0 aliphatic rings. The molecule has 9 nitrogen and oxygen atoms in total. The number of hydrogen-bond donors (Lipinski definition) is 2. The van der Waals surface area contributed by atoms with E-state index in [-0.39, 0.29) is 23.8 Å². The summed E-state index contributed by atoms with van der Waals surface area (Å²) in [6.07, 6.45) is 0.817. The maximum atomic E-state index is 12.5. The van der Waals surface area contributed by atoms with Gasteiger partial charge >= 0.3 is 12.1 Å². The second-order valence-corrected chi connectivity index (χ2v) is 8.07. The van der Waals surface area contributed by atoms with Gasteiger partial charge in [-0.25, -0.2) is 14.6 Å². The molecule has 31 heavy (non-hydrogen) atoms. The molecule has 1 aromatic heterocycles. The Balaban J connectivity index is 2.06. The van der Waals surface area contributed by atoms with Crippen molar-refractivity contribution >= 4 is 18.0 Å². The number of aromatic nitrogens is 1. The van der Waals surface area contributed by atoms with Crippen molar-refractivity contribution in [2.45, 2.75) is 38.8 Å². The Morgan fingerprint density at radius 2 is 1.74 bits per heavy atom. The Morgan fingerprint density at radius 3 is 2.23 bits per heavy atom. The third kappa shape index (κ3) is 7.61. The maximum Gasteiger partial charge on any atom is 0.408 e. The Kier molecular flexibility index (Phi) is 7.57. The van der Waals surface area contributed by atoms with Crippen molar-refractivity contribution in [3.63, 3.8) is 0 Å². The average molecular weight is 429 g/mol. The van der Waals surface area contributed by atoms with Crippen LogP contribution in [0.25, 0.3) is 0 Å². The number of alkyl carbamates (subject to hydrolysis) is 1. The number of carbonyl (C=O) groups excluding carboxylic acids is 2. The standard InChI is InChI=1S/C22H27N3O6/c1-22(2,3)31-21(29)24-17(19(26)25(4)5)12-14-6-9-16(10-7-14)30-18-11-8-15(13-23-18)20(27)28/h6-11,13,17H,12H2,1-5H3,(H,24,29)(H,27,28). The number of nitrogens with one attached hydrogen (secondary N) is 1. The highest BCUT2D eigenvalue weighted by Crippen LogP contribution is 2.21. The number of likely N-dealkylation sites (N-methyl/N-ethyl adjacent to an activating group) is 1. The third-order valence-electron chi connectivity index (χ3n) is 4.00. The summed E-state index contributed by atoms with van der Waals surface area (Å²) in [6.45, 7) is 5.24. The number of carboxylic acids is 1. The molecule has 2 amide bonds. The Hall–Kier alpha value is -3.62. The molecule has 0 aliphatic carbocycles. The van der Waals surface area contributed by atoms with Gasteiger partial charge in [-0.05, 0) is 44.5 Å². The van der Waals surface area contributed by atoms with Gasteiger partial charge in [-0.3, -0.25) is 4.79 Å². The van der Waals surface area contributed by atoms with Crippen molar-refractivity contribution in [1.29, 1.82) is 0 Å². The molecule has 0 saturated heterocycles. The van der Waals surface area contributed by atoms with Crippen molar-refractivity contribution in [2.75, 3.05) is 14.1 Å². The van der Waals surface area contributed by atoms with E-state index < -0.39 is 23.7 Å². The molecule has 0 saturated carbocycles. The summed E-state index contributed by atoms with van der Waals surface area (Å²) < 4.78 is 10.9. The highest BCUT2D eigenvalue weighted by molar-refractivity contribution is 5.87. The van der Waals surface area contributed by atoms with Crippen LogP contribution >= 0.6 is 0 Å². The molecule has 1 atom stereocenters. The number of carboxylic acid groups (broad SMARTS) is 1. The van der Waals surface area contributed by atoms with Crippen molar-refractivity contribution < 1.29 is 29.0 Å². The van der Waals surface area contributed by atoms with E-state index in [0.29, 0.717) is 5.75 Å². The van der Waals surface area contributed by atoms with Gasteiger partial charge in [-0.15, -0.1) is 0 Å². The molecule has 0 aliphatic heterocycles. The molecule has 0 bridgehead atoms. The van der Waals surface area contributed by atoms with Crippen LogP contribution in [0.3, 0.4) is 0 Å². The first-order chi connectivity index (χ1) is 14.4. The van der Waals surface area contributed by atoms with E-state index in [0.717, 1.165) is 5.56 Å². The fourth-order valence-corrected chi connectivity index (χ4v) is 2.58. The molecule has 0 fully saturated rings. The molecule has 2 aromatic rings. The molecule has 1 aromatic carbocycles. The highest BCUT2D eigenvalue weighted by Gasteiger charge is 2.25. The zero-order valence-corrected chi connectivity index (χ0v) is 18.2. The zero-order chi connectivity index (χ0) is 23.2. The number of rotatable bonds is 7. The summed E-state index contributed by atoms with van der Waals surface area (Å²) in [5, 5.41) is 11.5. The number of pyridine rings is 1. The fourth-order valence-electron chi connectivity index (χ4n) is 2.58. The van der Waals surface area contributed by atoms with Crippen LogP contribution in [0, 0.1) is 0 Å². The largest absolute Gasteiger partial charge is 0.478 e. The summed E-state index contributed by atoms with van der Waals surface area (Å²) in [5.74, 6) is -0.570. The number of ether oxygens (including phenoxy) is 2. The van der Waals surface area contributed by atoms with Crippen molar-refractivity contribution in [2.24, 2.45) is 0 Å². The fraction of sp³-hybridized carbons (Fsp3) is 0.364. The lowest BCUT2D eigenvalue weighted by molar-refractivity contribution is -0.130. The van der Waals surface area contributed by atoms with Crippen LogP contribution in [-0.2, 0) is 16.0 Å². The molecule has 1 heterocycles. The average Bonchev–Trinajstić information content (AvgIpc) is 2.67. The summed E-state index contributed by atoms with van der Waals surface area (Å²) >= 11 is 0. The summed E-state index contributed by atoms with van der Waals surface area (Å²) in [4.78, 5) is 40.9. The lowest BCUT2D eigenvalue weighted by Crippen LogP contribution is -2.48. The Labute approximate surface area is 181 Å². The first-order valence-corrected chi connectivity index (χ1v) is 9.61. The minimum atomic E-state index is -1.06. The number of carbonyl (C=O) groups is 3. The van der Waals surface area contributed by atoms with E-state index in [1.165, 1.54) is 23.2 Å². The van der Waals surface area contributed by atoms with E-state index in [4.69, 9.17) is 14.6 Å². The van der Waals surface area contributed by atoms with Gasteiger partial charge in [0.05, 0.1) is 5.56 Å². The number of aromatic carboxylic acids is 1. The number of amides is 2. The van der Waals surface area contributed by atoms with E-state index in [1.807, 2.05) is 0 Å². The summed E-state index contributed by atoms with van der Waals surface area (Å²) in [5.41, 5.74) is 0.195. The van der Waals surface area contributed by atoms with Gasteiger partial charge in [-0.1, -0.05) is 12.1 Å². The molecule has 0 radical (unpaired) electrons. The van der Waals surface area contributed by atoms with Crippen LogP contribution in [0.5, 0.6) is 11.6 Å². The molecule has 2 rings (SSSR count). The second-order valence-electron chi connectivity index (χ2n) is 8.07. The van der Waals surface area contributed by atoms with Gasteiger partial charge in [-0.2, -0.15) is 0 Å². The summed E-state index contributed by atoms with van der Waals surface area (Å²) in [6, 6.07) is 9.02. The molecule has 0 spiro atoms. The SMILES string of the molecule is CN(C)C(=O)C(Cc1ccc(Oc2ccc(C(=O)O)cn2)cc1)NC(=O)OC(C)(C)C. The predicted octanol–water partition coefficient (Wildman–Crippen LogP) is 3.10. The zero-order valence-electron chi connectivity index (χ0n) is 18.2. The Bertz CT molecular complexity index is 918. The minimum absolute atomic E-state index is 0.0665. The van der Waals surface area contributed by atoms with Gasteiger partial charge < -0.3 is 24.8 Å². The molecule has 1 unspecified atom stereocenters. The number of hydrogen-bond acceptors (Lipinski definition) is 6. The summed E-state index contributed by atoms with van der Waals surface area (Å²) in [7, 11) is 3.23. The Morgan fingerprint density at radius 1 is 1.10 bits per heavy atom. The second kappa shape index (κ2) is 9.92. The van der Waals surface area contributed by atoms with Crippen LogP contribution in [0.15, 0.2) is 42.6 Å². The lowest BCUT2D eigenvalue weighted by Gasteiger charge is -2.25.